The van der Waals surface area contributed by atoms with Crippen LogP contribution in [-0.2, 0) is 4.79 Å². The van der Waals surface area contributed by atoms with Gasteiger partial charge in [-0.05, 0) is 18.3 Å². The number of carbonyl (C=O) groups excluding carboxylic acids is 1. The standard InChI is InChI=1S/C12H23NO2/c1-9(12(2,3)4)11(15)13-7-5-10(14)6-8-13/h9-10,14H,5-8H2,1-4H3. The van der Waals surface area contributed by atoms with Gasteiger partial charge in [0.05, 0.1) is 6.10 Å². The van der Waals surface area contributed by atoms with Gasteiger partial charge < -0.3 is 10.0 Å². The van der Waals surface area contributed by atoms with Gasteiger partial charge >= 0.3 is 0 Å². The molecule has 0 radical (unpaired) electrons. The molecule has 0 aromatic heterocycles. The molecule has 0 saturated carbocycles. The molecule has 1 heterocycles. The van der Waals surface area contributed by atoms with Gasteiger partial charge in [-0.2, -0.15) is 0 Å². The van der Waals surface area contributed by atoms with Crippen molar-refractivity contribution in [1.82, 2.24) is 4.90 Å². The summed E-state index contributed by atoms with van der Waals surface area (Å²) in [6.07, 6.45) is 1.24. The highest BCUT2D eigenvalue weighted by molar-refractivity contribution is 5.79. The molecule has 1 unspecified atom stereocenters. The summed E-state index contributed by atoms with van der Waals surface area (Å²) in [6.45, 7) is 9.69. The number of aliphatic hydroxyl groups excluding tert-OH is 1. The Bertz CT molecular complexity index is 224. The molecule has 0 spiro atoms. The van der Waals surface area contributed by atoms with E-state index in [1.54, 1.807) is 0 Å². The van der Waals surface area contributed by atoms with Gasteiger partial charge in [-0.1, -0.05) is 27.7 Å². The fourth-order valence-corrected chi connectivity index (χ4v) is 1.73. The molecule has 0 aliphatic carbocycles. The third-order valence-corrected chi connectivity index (χ3v) is 3.45. The summed E-state index contributed by atoms with van der Waals surface area (Å²) < 4.78 is 0. The van der Waals surface area contributed by atoms with Crippen LogP contribution in [0.1, 0.15) is 40.5 Å². The Morgan fingerprint density at radius 2 is 1.80 bits per heavy atom. The number of carbonyl (C=O) groups is 1. The predicted molar refractivity (Wildman–Crippen MR) is 60.4 cm³/mol. The average Bonchev–Trinajstić information content (AvgIpc) is 2.15. The van der Waals surface area contributed by atoms with Crippen LogP contribution in [0.5, 0.6) is 0 Å². The van der Waals surface area contributed by atoms with Crippen molar-refractivity contribution >= 4 is 5.91 Å². The highest BCUT2D eigenvalue weighted by atomic mass is 16.3. The second-order valence-corrected chi connectivity index (χ2v) is 5.64. The van der Waals surface area contributed by atoms with Gasteiger partial charge in [-0.25, -0.2) is 0 Å². The van der Waals surface area contributed by atoms with Crippen LogP contribution in [0.4, 0.5) is 0 Å². The molecule has 1 rings (SSSR count). The second-order valence-electron chi connectivity index (χ2n) is 5.64. The number of aliphatic hydroxyl groups is 1. The van der Waals surface area contributed by atoms with E-state index in [0.29, 0.717) is 13.1 Å². The summed E-state index contributed by atoms with van der Waals surface area (Å²) >= 11 is 0. The fraction of sp³-hybridized carbons (Fsp3) is 0.917. The monoisotopic (exact) mass is 213 g/mol. The maximum absolute atomic E-state index is 12.1. The summed E-state index contributed by atoms with van der Waals surface area (Å²) in [4.78, 5) is 14.0. The van der Waals surface area contributed by atoms with Gasteiger partial charge in [0.15, 0.2) is 0 Å². The molecule has 1 aliphatic rings. The van der Waals surface area contributed by atoms with Gasteiger partial charge in [-0.15, -0.1) is 0 Å². The molecule has 3 heteroatoms. The summed E-state index contributed by atoms with van der Waals surface area (Å²) in [5.41, 5.74) is 0.0210. The minimum atomic E-state index is -0.209. The van der Waals surface area contributed by atoms with E-state index in [2.05, 4.69) is 20.8 Å². The number of amides is 1. The van der Waals surface area contributed by atoms with Crippen LogP contribution >= 0.6 is 0 Å². The number of nitrogens with zero attached hydrogens (tertiary/aromatic N) is 1. The Balaban J connectivity index is 2.54. The minimum absolute atomic E-state index is 0.0210. The maximum Gasteiger partial charge on any atom is 0.225 e. The lowest BCUT2D eigenvalue weighted by molar-refractivity contribution is -0.140. The first kappa shape index (κ1) is 12.5. The van der Waals surface area contributed by atoms with E-state index in [-0.39, 0.29) is 23.3 Å². The number of piperidine rings is 1. The Hall–Kier alpha value is -0.570. The van der Waals surface area contributed by atoms with Crippen molar-refractivity contribution < 1.29 is 9.90 Å². The highest BCUT2D eigenvalue weighted by Crippen LogP contribution is 2.28. The summed E-state index contributed by atoms with van der Waals surface area (Å²) in [6, 6.07) is 0. The number of hydrogen-bond donors (Lipinski definition) is 1. The Morgan fingerprint density at radius 1 is 1.33 bits per heavy atom. The van der Waals surface area contributed by atoms with Crippen LogP contribution in [-0.4, -0.2) is 35.1 Å². The normalized spacial score (nSPS) is 21.5. The van der Waals surface area contributed by atoms with E-state index >= 15 is 0 Å². The van der Waals surface area contributed by atoms with Gasteiger partial charge in [0.1, 0.15) is 0 Å². The Kier molecular flexibility index (Phi) is 3.77. The smallest absolute Gasteiger partial charge is 0.225 e. The molecule has 1 saturated heterocycles. The van der Waals surface area contributed by atoms with Crippen LogP contribution < -0.4 is 0 Å². The van der Waals surface area contributed by atoms with Crippen molar-refractivity contribution in [2.75, 3.05) is 13.1 Å². The van der Waals surface area contributed by atoms with E-state index in [1.165, 1.54) is 0 Å². The van der Waals surface area contributed by atoms with Gasteiger partial charge in [0, 0.05) is 19.0 Å². The first-order valence-electron chi connectivity index (χ1n) is 5.79. The molecule has 88 valence electrons. The zero-order valence-corrected chi connectivity index (χ0v) is 10.3. The van der Waals surface area contributed by atoms with Crippen LogP contribution in [0.3, 0.4) is 0 Å². The Morgan fingerprint density at radius 3 is 2.20 bits per heavy atom. The van der Waals surface area contributed by atoms with Crippen LogP contribution in [0, 0.1) is 11.3 Å². The molecule has 0 bridgehead atoms. The van der Waals surface area contributed by atoms with E-state index < -0.39 is 0 Å². The summed E-state index contributed by atoms with van der Waals surface area (Å²) in [5, 5.41) is 9.37. The highest BCUT2D eigenvalue weighted by Gasteiger charge is 2.31. The predicted octanol–water partition coefficient (Wildman–Crippen LogP) is 1.65. The van der Waals surface area contributed by atoms with Crippen LogP contribution in [0.2, 0.25) is 0 Å². The molecular weight excluding hydrogens is 190 g/mol. The van der Waals surface area contributed by atoms with E-state index in [9.17, 15) is 9.90 Å². The minimum Gasteiger partial charge on any atom is -0.393 e. The number of hydrogen-bond acceptors (Lipinski definition) is 2. The molecule has 1 atom stereocenters. The van der Waals surface area contributed by atoms with Crippen molar-refractivity contribution in [3.8, 4) is 0 Å². The third-order valence-electron chi connectivity index (χ3n) is 3.45. The average molecular weight is 213 g/mol. The van der Waals surface area contributed by atoms with Crippen molar-refractivity contribution in [1.29, 1.82) is 0 Å². The van der Waals surface area contributed by atoms with E-state index in [0.717, 1.165) is 12.8 Å². The van der Waals surface area contributed by atoms with Gasteiger partial charge in [0.2, 0.25) is 5.91 Å². The summed E-state index contributed by atoms with van der Waals surface area (Å²) in [5.74, 6) is 0.280. The first-order chi connectivity index (χ1) is 6.82. The third kappa shape index (κ3) is 3.20. The van der Waals surface area contributed by atoms with Crippen LogP contribution in [0.25, 0.3) is 0 Å². The van der Waals surface area contributed by atoms with Crippen molar-refractivity contribution in [2.45, 2.75) is 46.6 Å². The van der Waals surface area contributed by atoms with Gasteiger partial charge in [0.25, 0.3) is 0 Å². The molecule has 1 fully saturated rings. The molecule has 1 N–H and O–H groups in total. The van der Waals surface area contributed by atoms with Crippen molar-refractivity contribution in [2.24, 2.45) is 11.3 Å². The van der Waals surface area contributed by atoms with Gasteiger partial charge in [-0.3, -0.25) is 4.79 Å². The Labute approximate surface area is 92.5 Å². The van der Waals surface area contributed by atoms with Crippen LogP contribution in [0.15, 0.2) is 0 Å². The topological polar surface area (TPSA) is 40.5 Å². The lowest BCUT2D eigenvalue weighted by Crippen LogP contribution is -2.45. The number of likely N-dealkylation sites (tertiary alicyclic amines) is 1. The fourth-order valence-electron chi connectivity index (χ4n) is 1.73. The molecular formula is C12H23NO2. The second kappa shape index (κ2) is 4.52. The zero-order valence-electron chi connectivity index (χ0n) is 10.3. The molecule has 3 nitrogen and oxygen atoms in total. The van der Waals surface area contributed by atoms with Crippen molar-refractivity contribution in [3.63, 3.8) is 0 Å². The van der Waals surface area contributed by atoms with Crippen molar-refractivity contribution in [3.05, 3.63) is 0 Å². The quantitative estimate of drug-likeness (QED) is 0.719. The zero-order chi connectivity index (χ0) is 11.6. The lowest BCUT2D eigenvalue weighted by atomic mass is 9.81. The van der Waals surface area contributed by atoms with E-state index in [4.69, 9.17) is 0 Å². The largest absolute Gasteiger partial charge is 0.393 e. The maximum atomic E-state index is 12.1. The molecule has 0 aromatic carbocycles. The van der Waals surface area contributed by atoms with E-state index in [1.807, 2.05) is 11.8 Å². The molecule has 1 aliphatic heterocycles. The lowest BCUT2D eigenvalue weighted by Gasteiger charge is -2.35. The molecule has 15 heavy (non-hydrogen) atoms. The SMILES string of the molecule is CC(C(=O)N1CCC(O)CC1)C(C)(C)C. The first-order valence-corrected chi connectivity index (χ1v) is 5.79. The molecule has 0 aromatic rings. The summed E-state index contributed by atoms with van der Waals surface area (Å²) in [7, 11) is 0. The molecule has 1 amide bonds. The number of rotatable bonds is 1.